The molecule has 5 heteroatoms. The van der Waals surface area contributed by atoms with Gasteiger partial charge in [-0.2, -0.15) is 0 Å². The van der Waals surface area contributed by atoms with Gasteiger partial charge in [0.05, 0.1) is 6.54 Å². The molecule has 1 saturated heterocycles. The number of carboxylic acids is 1. The molecule has 0 radical (unpaired) electrons. The highest BCUT2D eigenvalue weighted by atomic mass is 16.4. The summed E-state index contributed by atoms with van der Waals surface area (Å²) in [5.74, 6) is -0.637. The van der Waals surface area contributed by atoms with Crippen molar-refractivity contribution < 1.29 is 14.7 Å². The van der Waals surface area contributed by atoms with E-state index in [1.165, 1.54) is 6.42 Å². The average Bonchev–Trinajstić information content (AvgIpc) is 2.37. The van der Waals surface area contributed by atoms with E-state index >= 15 is 0 Å². The molecular formula is C13H24N2O3. The smallest absolute Gasteiger partial charge is 0.303 e. The van der Waals surface area contributed by atoms with Gasteiger partial charge < -0.3 is 15.3 Å². The Balaban J connectivity index is 2.20. The van der Waals surface area contributed by atoms with Crippen LogP contribution >= 0.6 is 0 Å². The van der Waals surface area contributed by atoms with Gasteiger partial charge in [-0.05, 0) is 38.6 Å². The van der Waals surface area contributed by atoms with Gasteiger partial charge in [0.15, 0.2) is 0 Å². The van der Waals surface area contributed by atoms with Crippen LogP contribution in [-0.2, 0) is 9.59 Å². The fourth-order valence-electron chi connectivity index (χ4n) is 2.41. The first-order chi connectivity index (χ1) is 8.65. The maximum Gasteiger partial charge on any atom is 0.303 e. The molecule has 18 heavy (non-hydrogen) atoms. The van der Waals surface area contributed by atoms with Gasteiger partial charge in [-0.15, -0.1) is 0 Å². The lowest BCUT2D eigenvalue weighted by Crippen LogP contribution is -2.47. The highest BCUT2D eigenvalue weighted by Crippen LogP contribution is 2.19. The number of carbonyl (C=O) groups excluding carboxylic acids is 1. The molecule has 0 aliphatic carbocycles. The van der Waals surface area contributed by atoms with Gasteiger partial charge in [0.25, 0.3) is 0 Å². The van der Waals surface area contributed by atoms with Gasteiger partial charge in [0.2, 0.25) is 5.91 Å². The second kappa shape index (κ2) is 8.08. The maximum atomic E-state index is 12.0. The lowest BCUT2D eigenvalue weighted by atomic mass is 10.00. The van der Waals surface area contributed by atoms with E-state index in [0.717, 1.165) is 25.8 Å². The van der Waals surface area contributed by atoms with E-state index in [9.17, 15) is 9.59 Å². The van der Waals surface area contributed by atoms with E-state index in [1.54, 1.807) is 0 Å². The monoisotopic (exact) mass is 256 g/mol. The van der Waals surface area contributed by atoms with Crippen molar-refractivity contribution in [1.29, 1.82) is 0 Å². The minimum absolute atomic E-state index is 0.150. The summed E-state index contributed by atoms with van der Waals surface area (Å²) in [5, 5.41) is 11.5. The summed E-state index contributed by atoms with van der Waals surface area (Å²) in [6.45, 7) is 3.91. The minimum atomic E-state index is -0.787. The standard InChI is InChI=1S/C13H24N2O3/c1-2-11-6-3-4-9-15(11)12(16)10-14-8-5-7-13(17)18/h11,14H,2-10H2,1H3,(H,17,18). The normalized spacial score (nSPS) is 19.8. The molecular weight excluding hydrogens is 232 g/mol. The zero-order valence-electron chi connectivity index (χ0n) is 11.2. The molecule has 1 aliphatic heterocycles. The molecule has 0 spiro atoms. The number of carboxylic acid groups (broad SMARTS) is 1. The number of nitrogens with one attached hydrogen (secondary N) is 1. The summed E-state index contributed by atoms with van der Waals surface area (Å²) in [6, 6.07) is 0.395. The predicted molar refractivity (Wildman–Crippen MR) is 69.4 cm³/mol. The van der Waals surface area contributed by atoms with Gasteiger partial charge in [-0.25, -0.2) is 0 Å². The third-order valence-corrected chi connectivity index (χ3v) is 3.44. The van der Waals surface area contributed by atoms with Crippen molar-refractivity contribution in [3.63, 3.8) is 0 Å². The van der Waals surface area contributed by atoms with Crippen molar-refractivity contribution in [3.05, 3.63) is 0 Å². The Bertz CT molecular complexity index is 281. The molecule has 0 aromatic rings. The number of hydrogen-bond acceptors (Lipinski definition) is 3. The number of hydrogen-bond donors (Lipinski definition) is 2. The van der Waals surface area contributed by atoms with Crippen LogP contribution in [0.4, 0.5) is 0 Å². The van der Waals surface area contributed by atoms with Crippen molar-refractivity contribution in [1.82, 2.24) is 10.2 Å². The number of carbonyl (C=O) groups is 2. The maximum absolute atomic E-state index is 12.0. The van der Waals surface area contributed by atoms with E-state index in [1.807, 2.05) is 4.90 Å². The summed E-state index contributed by atoms with van der Waals surface area (Å²) in [6.07, 6.45) is 5.17. The first-order valence-electron chi connectivity index (χ1n) is 6.87. The Hall–Kier alpha value is -1.10. The Labute approximate surface area is 109 Å². The molecule has 1 rings (SSSR count). The summed E-state index contributed by atoms with van der Waals surface area (Å²) >= 11 is 0. The van der Waals surface area contributed by atoms with E-state index in [-0.39, 0.29) is 12.3 Å². The molecule has 0 aromatic heterocycles. The SMILES string of the molecule is CCC1CCCCN1C(=O)CNCCCC(=O)O. The molecule has 1 unspecified atom stereocenters. The number of rotatable bonds is 7. The quantitative estimate of drug-likeness (QED) is 0.672. The molecule has 0 aromatic carbocycles. The minimum Gasteiger partial charge on any atom is -0.481 e. The zero-order chi connectivity index (χ0) is 13.4. The fraction of sp³-hybridized carbons (Fsp3) is 0.846. The molecule has 1 atom stereocenters. The Morgan fingerprint density at radius 2 is 2.17 bits per heavy atom. The summed E-state index contributed by atoms with van der Waals surface area (Å²) in [4.78, 5) is 24.3. The van der Waals surface area contributed by atoms with Crippen LogP contribution in [0.15, 0.2) is 0 Å². The molecule has 0 saturated carbocycles. The van der Waals surface area contributed by atoms with Crippen LogP contribution in [0.25, 0.3) is 0 Å². The Morgan fingerprint density at radius 1 is 1.39 bits per heavy atom. The number of nitrogens with zero attached hydrogens (tertiary/aromatic N) is 1. The Kier molecular flexibility index (Phi) is 6.72. The molecule has 0 bridgehead atoms. The molecule has 5 nitrogen and oxygen atoms in total. The molecule has 2 N–H and O–H groups in total. The molecule has 1 amide bonds. The van der Waals surface area contributed by atoms with Crippen LogP contribution in [0.5, 0.6) is 0 Å². The summed E-state index contributed by atoms with van der Waals surface area (Å²) < 4.78 is 0. The fourth-order valence-corrected chi connectivity index (χ4v) is 2.41. The number of amides is 1. The van der Waals surface area contributed by atoms with E-state index in [2.05, 4.69) is 12.2 Å². The second-order valence-electron chi connectivity index (χ2n) is 4.82. The van der Waals surface area contributed by atoms with Crippen molar-refractivity contribution in [2.45, 2.75) is 51.5 Å². The summed E-state index contributed by atoms with van der Waals surface area (Å²) in [7, 11) is 0. The number of piperidine rings is 1. The van der Waals surface area contributed by atoms with E-state index in [0.29, 0.717) is 25.6 Å². The zero-order valence-corrected chi connectivity index (χ0v) is 11.2. The molecule has 104 valence electrons. The van der Waals surface area contributed by atoms with Gasteiger partial charge in [-0.1, -0.05) is 6.92 Å². The van der Waals surface area contributed by atoms with Gasteiger partial charge >= 0.3 is 5.97 Å². The van der Waals surface area contributed by atoms with Crippen molar-refractivity contribution >= 4 is 11.9 Å². The highest BCUT2D eigenvalue weighted by Gasteiger charge is 2.24. The van der Waals surface area contributed by atoms with E-state index in [4.69, 9.17) is 5.11 Å². The molecule has 1 fully saturated rings. The number of aliphatic carboxylic acids is 1. The largest absolute Gasteiger partial charge is 0.481 e. The first-order valence-corrected chi connectivity index (χ1v) is 6.87. The van der Waals surface area contributed by atoms with Crippen LogP contribution in [-0.4, -0.2) is 47.6 Å². The third kappa shape index (κ3) is 5.04. The van der Waals surface area contributed by atoms with E-state index < -0.39 is 5.97 Å². The molecule has 1 heterocycles. The van der Waals surface area contributed by atoms with Gasteiger partial charge in [-0.3, -0.25) is 9.59 Å². The van der Waals surface area contributed by atoms with Crippen LogP contribution < -0.4 is 5.32 Å². The van der Waals surface area contributed by atoms with Crippen LogP contribution in [0, 0.1) is 0 Å². The summed E-state index contributed by atoms with van der Waals surface area (Å²) in [5.41, 5.74) is 0. The van der Waals surface area contributed by atoms with Crippen molar-refractivity contribution in [2.24, 2.45) is 0 Å². The van der Waals surface area contributed by atoms with Crippen LogP contribution in [0.1, 0.15) is 45.4 Å². The number of likely N-dealkylation sites (tertiary alicyclic amines) is 1. The third-order valence-electron chi connectivity index (χ3n) is 3.44. The first kappa shape index (κ1) is 15.0. The average molecular weight is 256 g/mol. The highest BCUT2D eigenvalue weighted by molar-refractivity contribution is 5.78. The lowest BCUT2D eigenvalue weighted by molar-refractivity contribution is -0.137. The van der Waals surface area contributed by atoms with Gasteiger partial charge in [0, 0.05) is 19.0 Å². The van der Waals surface area contributed by atoms with Crippen LogP contribution in [0.3, 0.4) is 0 Å². The lowest BCUT2D eigenvalue weighted by Gasteiger charge is -2.35. The van der Waals surface area contributed by atoms with Crippen LogP contribution in [0.2, 0.25) is 0 Å². The predicted octanol–water partition coefficient (Wildman–Crippen LogP) is 1.23. The van der Waals surface area contributed by atoms with Crippen molar-refractivity contribution in [3.8, 4) is 0 Å². The van der Waals surface area contributed by atoms with Gasteiger partial charge in [0.1, 0.15) is 0 Å². The second-order valence-corrected chi connectivity index (χ2v) is 4.82. The molecule has 1 aliphatic rings. The topological polar surface area (TPSA) is 69.6 Å². The Morgan fingerprint density at radius 3 is 2.83 bits per heavy atom. The van der Waals surface area contributed by atoms with Crippen molar-refractivity contribution in [2.75, 3.05) is 19.6 Å².